The highest BCUT2D eigenvalue weighted by molar-refractivity contribution is 6.39. The first-order valence-corrected chi connectivity index (χ1v) is 10.3. The van der Waals surface area contributed by atoms with Gasteiger partial charge in [-0.25, -0.2) is 10.2 Å². The van der Waals surface area contributed by atoms with Crippen molar-refractivity contribution in [2.24, 2.45) is 5.10 Å². The molecule has 0 saturated heterocycles. The van der Waals surface area contributed by atoms with Crippen LogP contribution in [-0.2, 0) is 9.59 Å². The monoisotopic (exact) mass is 477 g/mol. The Balaban J connectivity index is 1.61. The fraction of sp³-hybridized carbons (Fsp3) is 0.120. The third-order valence-electron chi connectivity index (χ3n) is 4.64. The lowest BCUT2D eigenvalue weighted by Crippen LogP contribution is -2.32. The van der Waals surface area contributed by atoms with Crippen molar-refractivity contribution in [2.75, 3.05) is 26.6 Å². The molecule has 0 atom stereocenters. The lowest BCUT2D eigenvalue weighted by atomic mass is 10.2. The Bertz CT molecular complexity index is 1240. The van der Waals surface area contributed by atoms with E-state index in [0.717, 1.165) is 0 Å². The number of methoxy groups -OCH3 is 3. The Morgan fingerprint density at radius 3 is 2.20 bits per heavy atom. The van der Waals surface area contributed by atoms with Gasteiger partial charge in [-0.3, -0.25) is 9.59 Å². The Morgan fingerprint density at radius 1 is 0.771 bits per heavy atom. The summed E-state index contributed by atoms with van der Waals surface area (Å²) in [7, 11) is 4.35. The largest absolute Gasteiger partial charge is 0.497 e. The van der Waals surface area contributed by atoms with E-state index in [1.54, 1.807) is 60.7 Å². The van der Waals surface area contributed by atoms with Gasteiger partial charge in [0.05, 0.1) is 38.8 Å². The summed E-state index contributed by atoms with van der Waals surface area (Å²) in [6, 6.07) is 18.0. The second-order valence-electron chi connectivity index (χ2n) is 6.89. The lowest BCUT2D eigenvalue weighted by Gasteiger charge is -2.11. The van der Waals surface area contributed by atoms with E-state index in [1.807, 2.05) is 0 Å². The molecule has 0 heterocycles. The van der Waals surface area contributed by atoms with E-state index in [9.17, 15) is 14.4 Å². The minimum absolute atomic E-state index is 0.218. The van der Waals surface area contributed by atoms with E-state index in [-0.39, 0.29) is 11.5 Å². The van der Waals surface area contributed by atoms with Gasteiger partial charge in [-0.2, -0.15) is 5.10 Å². The van der Waals surface area contributed by atoms with E-state index >= 15 is 0 Å². The number of rotatable bonds is 8. The quantitative estimate of drug-likeness (QED) is 0.168. The summed E-state index contributed by atoms with van der Waals surface area (Å²) in [6.45, 7) is 0. The molecular weight excluding hydrogens is 454 g/mol. The summed E-state index contributed by atoms with van der Waals surface area (Å²) in [6.07, 6.45) is 1.31. The van der Waals surface area contributed by atoms with Crippen LogP contribution in [0.4, 0.5) is 5.69 Å². The van der Waals surface area contributed by atoms with E-state index in [2.05, 4.69) is 15.8 Å². The first-order chi connectivity index (χ1) is 16.9. The van der Waals surface area contributed by atoms with Crippen molar-refractivity contribution in [3.05, 3.63) is 77.9 Å². The van der Waals surface area contributed by atoms with Crippen LogP contribution in [0.1, 0.15) is 15.9 Å². The molecule has 3 aromatic carbocycles. The molecule has 180 valence electrons. The minimum atomic E-state index is -0.987. The number of hydrogen-bond acceptors (Lipinski definition) is 8. The number of hydrogen-bond donors (Lipinski definition) is 2. The molecule has 3 rings (SSSR count). The second-order valence-corrected chi connectivity index (χ2v) is 6.89. The van der Waals surface area contributed by atoms with Gasteiger partial charge in [0.25, 0.3) is 0 Å². The van der Waals surface area contributed by atoms with Gasteiger partial charge in [0.1, 0.15) is 11.5 Å². The van der Waals surface area contributed by atoms with Gasteiger partial charge in [0.15, 0.2) is 11.5 Å². The van der Waals surface area contributed by atoms with Crippen molar-refractivity contribution in [2.45, 2.75) is 0 Å². The highest BCUT2D eigenvalue weighted by Gasteiger charge is 2.16. The number of anilines is 1. The topological polar surface area (TPSA) is 125 Å². The highest BCUT2D eigenvalue weighted by Crippen LogP contribution is 2.29. The average molecular weight is 477 g/mol. The molecule has 0 fully saturated rings. The van der Waals surface area contributed by atoms with Gasteiger partial charge in [-0.15, -0.1) is 0 Å². The number of ether oxygens (including phenoxy) is 4. The zero-order valence-corrected chi connectivity index (χ0v) is 19.2. The van der Waals surface area contributed by atoms with E-state index < -0.39 is 17.8 Å². The van der Waals surface area contributed by atoms with Gasteiger partial charge in [0.2, 0.25) is 0 Å². The average Bonchev–Trinajstić information content (AvgIpc) is 2.89. The number of nitrogens with one attached hydrogen (secondary N) is 2. The molecule has 0 aliphatic rings. The zero-order chi connectivity index (χ0) is 25.2. The van der Waals surface area contributed by atoms with Gasteiger partial charge in [-0.05, 0) is 48.0 Å². The molecule has 35 heavy (non-hydrogen) atoms. The standard InChI is InChI=1S/C25H23N3O7/c1-32-18-10-11-19(21(14-18)33-2)27-23(29)24(30)28-26-15-16-9-12-20(22(13-16)34-3)35-25(31)17-7-5-4-6-8-17/h4-15H,1-3H3,(H,27,29)(H,28,30)/b26-15+. The summed E-state index contributed by atoms with van der Waals surface area (Å²) in [4.78, 5) is 36.6. The number of carbonyl (C=O) groups excluding carboxylic acids is 3. The molecule has 10 heteroatoms. The summed E-state index contributed by atoms with van der Waals surface area (Å²) in [5, 5.41) is 6.23. The third kappa shape index (κ3) is 6.57. The van der Waals surface area contributed by atoms with Crippen LogP contribution in [0.15, 0.2) is 71.8 Å². The molecule has 0 aromatic heterocycles. The summed E-state index contributed by atoms with van der Waals surface area (Å²) in [5.41, 5.74) is 3.36. The Hall–Kier alpha value is -4.86. The second kappa shape index (κ2) is 11.8. The highest BCUT2D eigenvalue weighted by atomic mass is 16.6. The predicted octanol–water partition coefficient (Wildman–Crippen LogP) is 3.02. The number of amides is 2. The third-order valence-corrected chi connectivity index (χ3v) is 4.64. The molecule has 10 nitrogen and oxygen atoms in total. The maximum absolute atomic E-state index is 12.3. The first-order valence-electron chi connectivity index (χ1n) is 10.3. The lowest BCUT2D eigenvalue weighted by molar-refractivity contribution is -0.136. The van der Waals surface area contributed by atoms with Crippen LogP contribution in [0.5, 0.6) is 23.0 Å². The maximum Gasteiger partial charge on any atom is 0.343 e. The van der Waals surface area contributed by atoms with Crippen LogP contribution in [0.2, 0.25) is 0 Å². The Kier molecular flexibility index (Phi) is 8.38. The molecule has 0 radical (unpaired) electrons. The van der Waals surface area contributed by atoms with Crippen LogP contribution in [0, 0.1) is 0 Å². The zero-order valence-electron chi connectivity index (χ0n) is 19.2. The number of nitrogens with zero attached hydrogens (tertiary/aromatic N) is 1. The van der Waals surface area contributed by atoms with Crippen LogP contribution in [-0.4, -0.2) is 45.3 Å². The van der Waals surface area contributed by atoms with Crippen LogP contribution < -0.4 is 29.7 Å². The molecule has 0 aliphatic carbocycles. The summed E-state index contributed by atoms with van der Waals surface area (Å²) >= 11 is 0. The van der Waals surface area contributed by atoms with Gasteiger partial charge >= 0.3 is 17.8 Å². The first kappa shape index (κ1) is 24.8. The number of carbonyl (C=O) groups is 3. The SMILES string of the molecule is COc1ccc(NC(=O)C(=O)N/N=C/c2ccc(OC(=O)c3ccccc3)c(OC)c2)c(OC)c1. The van der Waals surface area contributed by atoms with Crippen molar-refractivity contribution >= 4 is 29.7 Å². The maximum atomic E-state index is 12.3. The number of benzene rings is 3. The van der Waals surface area contributed by atoms with Crippen molar-refractivity contribution in [3.63, 3.8) is 0 Å². The minimum Gasteiger partial charge on any atom is -0.497 e. The number of esters is 1. The summed E-state index contributed by atoms with van der Waals surface area (Å²) in [5.74, 6) is -1.09. The predicted molar refractivity (Wildman–Crippen MR) is 128 cm³/mol. The van der Waals surface area contributed by atoms with E-state index in [1.165, 1.54) is 33.6 Å². The molecule has 0 unspecified atom stereocenters. The fourth-order valence-corrected chi connectivity index (χ4v) is 2.88. The molecule has 0 saturated carbocycles. The molecule has 2 N–H and O–H groups in total. The normalized spacial score (nSPS) is 10.4. The molecule has 3 aromatic rings. The molecular formula is C25H23N3O7. The van der Waals surface area contributed by atoms with Crippen LogP contribution >= 0.6 is 0 Å². The number of hydrazone groups is 1. The van der Waals surface area contributed by atoms with E-state index in [4.69, 9.17) is 18.9 Å². The smallest absolute Gasteiger partial charge is 0.343 e. The Labute approximate surface area is 201 Å². The Morgan fingerprint density at radius 2 is 1.51 bits per heavy atom. The van der Waals surface area contributed by atoms with Crippen molar-refractivity contribution in [1.82, 2.24) is 5.43 Å². The molecule has 0 bridgehead atoms. The van der Waals surface area contributed by atoms with Gasteiger partial charge in [-0.1, -0.05) is 18.2 Å². The van der Waals surface area contributed by atoms with Crippen molar-refractivity contribution in [3.8, 4) is 23.0 Å². The van der Waals surface area contributed by atoms with Gasteiger partial charge in [0, 0.05) is 6.07 Å². The summed E-state index contributed by atoms with van der Waals surface area (Å²) < 4.78 is 21.0. The van der Waals surface area contributed by atoms with Crippen LogP contribution in [0.25, 0.3) is 0 Å². The fourth-order valence-electron chi connectivity index (χ4n) is 2.88. The van der Waals surface area contributed by atoms with Crippen molar-refractivity contribution in [1.29, 1.82) is 0 Å². The van der Waals surface area contributed by atoms with Gasteiger partial charge < -0.3 is 24.3 Å². The molecule has 2 amide bonds. The van der Waals surface area contributed by atoms with E-state index in [0.29, 0.717) is 28.3 Å². The molecule has 0 spiro atoms. The van der Waals surface area contributed by atoms with Crippen molar-refractivity contribution < 1.29 is 33.3 Å². The van der Waals surface area contributed by atoms with Crippen LogP contribution in [0.3, 0.4) is 0 Å². The molecule has 0 aliphatic heterocycles.